The van der Waals surface area contributed by atoms with Gasteiger partial charge in [-0.2, -0.15) is 4.31 Å². The molecular formula is C28H31N3O4S. The number of hydrogen-bond donors (Lipinski definition) is 2. The molecule has 3 aromatic rings. The van der Waals surface area contributed by atoms with Gasteiger partial charge in [0.1, 0.15) is 0 Å². The van der Waals surface area contributed by atoms with Crippen LogP contribution in [0.2, 0.25) is 0 Å². The Labute approximate surface area is 212 Å². The van der Waals surface area contributed by atoms with Crippen molar-refractivity contribution >= 4 is 38.3 Å². The highest BCUT2D eigenvalue weighted by Crippen LogP contribution is 2.27. The fourth-order valence-corrected chi connectivity index (χ4v) is 5.98. The number of hydrogen-bond acceptors (Lipinski definition) is 4. The number of aryl methyl sites for hydroxylation is 1. The lowest BCUT2D eigenvalue weighted by Crippen LogP contribution is -2.53. The summed E-state index contributed by atoms with van der Waals surface area (Å²) < 4.78 is 27.7. The lowest BCUT2D eigenvalue weighted by Gasteiger charge is -2.39. The van der Waals surface area contributed by atoms with Gasteiger partial charge in [0.05, 0.1) is 4.90 Å². The Morgan fingerprint density at radius 3 is 2.36 bits per heavy atom. The van der Waals surface area contributed by atoms with Crippen molar-refractivity contribution in [2.24, 2.45) is 0 Å². The number of benzene rings is 3. The van der Waals surface area contributed by atoms with Gasteiger partial charge in [-0.15, -0.1) is 0 Å². The van der Waals surface area contributed by atoms with E-state index < -0.39 is 15.6 Å². The second-order valence-corrected chi connectivity index (χ2v) is 11.3. The standard InChI is InChI=1S/C28H31N3O4S/c1-3-26(32)30-28(2)17-19-31(20-18-28)36(34,35)24-14-12-23(13-15-24)29-27(33)16-11-22-9-6-8-21-7-4-5-10-25(21)22/h3-10,12-15H,1,11,16-20H2,2H3,(H,29,33)(H,30,32). The van der Waals surface area contributed by atoms with Crippen molar-refractivity contribution < 1.29 is 18.0 Å². The van der Waals surface area contributed by atoms with E-state index in [1.54, 1.807) is 12.1 Å². The molecule has 188 valence electrons. The minimum absolute atomic E-state index is 0.129. The second kappa shape index (κ2) is 10.6. The number of sulfonamides is 1. The van der Waals surface area contributed by atoms with Crippen LogP contribution in [0.25, 0.3) is 10.8 Å². The first-order valence-electron chi connectivity index (χ1n) is 12.0. The molecule has 0 atom stereocenters. The summed E-state index contributed by atoms with van der Waals surface area (Å²) in [5.74, 6) is -0.390. The molecule has 0 aliphatic carbocycles. The van der Waals surface area contributed by atoms with E-state index in [-0.39, 0.29) is 16.7 Å². The van der Waals surface area contributed by atoms with E-state index in [2.05, 4.69) is 35.4 Å². The average molecular weight is 506 g/mol. The highest BCUT2D eigenvalue weighted by molar-refractivity contribution is 7.89. The molecule has 0 saturated carbocycles. The van der Waals surface area contributed by atoms with Crippen LogP contribution in [-0.2, 0) is 26.0 Å². The number of nitrogens with zero attached hydrogens (tertiary/aromatic N) is 1. The van der Waals surface area contributed by atoms with Crippen LogP contribution < -0.4 is 10.6 Å². The number of piperidine rings is 1. The first-order chi connectivity index (χ1) is 17.2. The van der Waals surface area contributed by atoms with Crippen LogP contribution in [0.1, 0.15) is 31.7 Å². The van der Waals surface area contributed by atoms with Gasteiger partial charge in [0.2, 0.25) is 21.8 Å². The second-order valence-electron chi connectivity index (χ2n) is 9.37. The molecule has 3 aromatic carbocycles. The predicted molar refractivity (Wildman–Crippen MR) is 142 cm³/mol. The van der Waals surface area contributed by atoms with Gasteiger partial charge in [-0.3, -0.25) is 9.59 Å². The van der Waals surface area contributed by atoms with Gasteiger partial charge >= 0.3 is 0 Å². The summed E-state index contributed by atoms with van der Waals surface area (Å²) in [6.45, 7) is 6.00. The van der Waals surface area contributed by atoms with Gasteiger partial charge < -0.3 is 10.6 Å². The molecule has 2 N–H and O–H groups in total. The number of anilines is 1. The van der Waals surface area contributed by atoms with Crippen LogP contribution in [-0.4, -0.2) is 43.2 Å². The van der Waals surface area contributed by atoms with Crippen molar-refractivity contribution in [3.63, 3.8) is 0 Å². The maximum Gasteiger partial charge on any atom is 0.243 e. The third kappa shape index (κ3) is 5.83. The summed E-state index contributed by atoms with van der Waals surface area (Å²) in [4.78, 5) is 24.4. The van der Waals surface area contributed by atoms with Gasteiger partial charge in [-0.05, 0) is 72.9 Å². The summed E-state index contributed by atoms with van der Waals surface area (Å²) >= 11 is 0. The van der Waals surface area contributed by atoms with Crippen molar-refractivity contribution in [1.29, 1.82) is 0 Å². The SMILES string of the molecule is C=CC(=O)NC1(C)CCN(S(=O)(=O)c2ccc(NC(=O)CCc3cccc4ccccc34)cc2)CC1. The molecule has 0 aromatic heterocycles. The number of carbonyl (C=O) groups excluding carboxylic acids is 2. The van der Waals surface area contributed by atoms with E-state index >= 15 is 0 Å². The van der Waals surface area contributed by atoms with Crippen molar-refractivity contribution in [3.05, 3.63) is 84.9 Å². The number of rotatable bonds is 8. The van der Waals surface area contributed by atoms with Gasteiger partial charge in [0, 0.05) is 30.7 Å². The highest BCUT2D eigenvalue weighted by atomic mass is 32.2. The Morgan fingerprint density at radius 1 is 1.00 bits per heavy atom. The van der Waals surface area contributed by atoms with E-state index in [4.69, 9.17) is 0 Å². The minimum atomic E-state index is -3.67. The van der Waals surface area contributed by atoms with Crippen LogP contribution in [0.4, 0.5) is 5.69 Å². The monoisotopic (exact) mass is 505 g/mol. The summed E-state index contributed by atoms with van der Waals surface area (Å²) in [5.41, 5.74) is 1.21. The van der Waals surface area contributed by atoms with Crippen LogP contribution in [0.5, 0.6) is 0 Å². The van der Waals surface area contributed by atoms with Crippen molar-refractivity contribution in [1.82, 2.24) is 9.62 Å². The third-order valence-corrected chi connectivity index (χ3v) is 8.63. The molecule has 36 heavy (non-hydrogen) atoms. The van der Waals surface area contributed by atoms with Crippen molar-refractivity contribution in [3.8, 4) is 0 Å². The van der Waals surface area contributed by atoms with E-state index in [9.17, 15) is 18.0 Å². The quantitative estimate of drug-likeness (QED) is 0.447. The van der Waals surface area contributed by atoms with Crippen molar-refractivity contribution in [2.45, 2.75) is 43.0 Å². The number of nitrogens with one attached hydrogen (secondary N) is 2. The molecule has 0 unspecified atom stereocenters. The Bertz CT molecular complexity index is 1370. The fraction of sp³-hybridized carbons (Fsp3) is 0.286. The van der Waals surface area contributed by atoms with Crippen LogP contribution >= 0.6 is 0 Å². The average Bonchev–Trinajstić information content (AvgIpc) is 2.87. The van der Waals surface area contributed by atoms with Crippen LogP contribution in [0.3, 0.4) is 0 Å². The van der Waals surface area contributed by atoms with Gasteiger partial charge in [-0.25, -0.2) is 8.42 Å². The molecule has 1 heterocycles. The number of carbonyl (C=O) groups is 2. The zero-order valence-corrected chi connectivity index (χ0v) is 21.2. The number of amides is 2. The summed E-state index contributed by atoms with van der Waals surface area (Å²) in [5, 5.41) is 8.04. The Hall–Kier alpha value is -3.49. The largest absolute Gasteiger partial charge is 0.347 e. The summed E-state index contributed by atoms with van der Waals surface area (Å²) in [7, 11) is -3.67. The van der Waals surface area contributed by atoms with Gasteiger partial charge in [0.15, 0.2) is 0 Å². The minimum Gasteiger partial charge on any atom is -0.347 e. The smallest absolute Gasteiger partial charge is 0.243 e. The number of fused-ring (bicyclic) bond motifs is 1. The predicted octanol–water partition coefficient (Wildman–Crippen LogP) is 4.26. The van der Waals surface area contributed by atoms with E-state index in [0.29, 0.717) is 44.5 Å². The molecule has 1 aliphatic heterocycles. The van der Waals surface area contributed by atoms with Crippen LogP contribution in [0, 0.1) is 0 Å². The molecule has 1 saturated heterocycles. The molecular weight excluding hydrogens is 474 g/mol. The van der Waals surface area contributed by atoms with Gasteiger partial charge in [0.25, 0.3) is 0 Å². The zero-order valence-electron chi connectivity index (χ0n) is 20.4. The molecule has 1 fully saturated rings. The lowest BCUT2D eigenvalue weighted by atomic mass is 9.90. The molecule has 4 rings (SSSR count). The molecule has 0 radical (unpaired) electrons. The first-order valence-corrected chi connectivity index (χ1v) is 13.5. The Kier molecular flexibility index (Phi) is 7.56. The van der Waals surface area contributed by atoms with E-state index in [0.717, 1.165) is 16.3 Å². The normalized spacial score (nSPS) is 15.8. The van der Waals surface area contributed by atoms with E-state index in [1.807, 2.05) is 31.2 Å². The van der Waals surface area contributed by atoms with Crippen LogP contribution in [0.15, 0.2) is 84.3 Å². The van der Waals surface area contributed by atoms with Crippen molar-refractivity contribution in [2.75, 3.05) is 18.4 Å². The molecule has 2 amide bonds. The maximum atomic E-state index is 13.1. The molecule has 0 bridgehead atoms. The fourth-order valence-electron chi connectivity index (χ4n) is 4.54. The third-order valence-electron chi connectivity index (χ3n) is 6.71. The lowest BCUT2D eigenvalue weighted by molar-refractivity contribution is -0.118. The molecule has 8 heteroatoms. The maximum absolute atomic E-state index is 13.1. The van der Waals surface area contributed by atoms with E-state index in [1.165, 1.54) is 22.5 Å². The molecule has 7 nitrogen and oxygen atoms in total. The first kappa shape index (κ1) is 25.6. The summed E-state index contributed by atoms with van der Waals surface area (Å²) in [6.07, 6.45) is 3.18. The zero-order chi connectivity index (χ0) is 25.8. The molecule has 1 aliphatic rings. The topological polar surface area (TPSA) is 95.6 Å². The summed E-state index contributed by atoms with van der Waals surface area (Å²) in [6, 6.07) is 20.4. The highest BCUT2D eigenvalue weighted by Gasteiger charge is 2.36. The molecule has 0 spiro atoms. The Balaban J connectivity index is 1.34. The van der Waals surface area contributed by atoms with Gasteiger partial charge in [-0.1, -0.05) is 49.0 Å². The Morgan fingerprint density at radius 2 is 1.67 bits per heavy atom.